The number of guanidine groups is 1. The molecule has 0 radical (unpaired) electrons. The van der Waals surface area contributed by atoms with Crippen molar-refractivity contribution in [2.75, 3.05) is 71.4 Å². The van der Waals surface area contributed by atoms with Crippen molar-refractivity contribution in [1.29, 1.82) is 0 Å². The first-order valence-electron chi connectivity index (χ1n) is 10.2. The molecular formula is C19H38IN5OS. The van der Waals surface area contributed by atoms with Gasteiger partial charge in [0, 0.05) is 52.9 Å². The maximum absolute atomic E-state index is 12.6. The average molecular weight is 512 g/mol. The fourth-order valence-electron chi connectivity index (χ4n) is 3.63. The van der Waals surface area contributed by atoms with Gasteiger partial charge < -0.3 is 15.1 Å². The second-order valence-electron chi connectivity index (χ2n) is 7.23. The molecular weight excluding hydrogens is 473 g/mol. The topological polar surface area (TPSA) is 51.2 Å². The van der Waals surface area contributed by atoms with Crippen LogP contribution in [0.25, 0.3) is 0 Å². The predicted octanol–water partition coefficient (Wildman–Crippen LogP) is 2.34. The summed E-state index contributed by atoms with van der Waals surface area (Å²) in [4.78, 5) is 23.7. The molecule has 0 aromatic rings. The molecule has 1 amide bonds. The molecule has 0 atom stereocenters. The maximum atomic E-state index is 12.6. The van der Waals surface area contributed by atoms with Crippen LogP contribution in [0.1, 0.15) is 38.5 Å². The van der Waals surface area contributed by atoms with Crippen molar-refractivity contribution >= 4 is 47.6 Å². The summed E-state index contributed by atoms with van der Waals surface area (Å²) in [5.74, 6) is 2.55. The van der Waals surface area contributed by atoms with Crippen molar-refractivity contribution in [3.05, 3.63) is 0 Å². The third kappa shape index (κ3) is 9.21. The maximum Gasteiger partial charge on any atom is 0.236 e. The Morgan fingerprint density at radius 1 is 0.963 bits per heavy atom. The first-order chi connectivity index (χ1) is 12.7. The number of likely N-dealkylation sites (tertiary alicyclic amines) is 1. The highest BCUT2D eigenvalue weighted by atomic mass is 127. The fourth-order valence-corrected chi connectivity index (χ4v) is 4.13. The number of hydrogen-bond donors (Lipinski definition) is 1. The Morgan fingerprint density at radius 3 is 2.22 bits per heavy atom. The summed E-state index contributed by atoms with van der Waals surface area (Å²) >= 11 is 1.91. The smallest absolute Gasteiger partial charge is 0.236 e. The van der Waals surface area contributed by atoms with Crippen LogP contribution < -0.4 is 5.32 Å². The lowest BCUT2D eigenvalue weighted by atomic mass is 10.2. The van der Waals surface area contributed by atoms with Crippen molar-refractivity contribution in [3.8, 4) is 0 Å². The van der Waals surface area contributed by atoms with E-state index in [-0.39, 0.29) is 24.0 Å². The molecule has 2 saturated heterocycles. The van der Waals surface area contributed by atoms with Gasteiger partial charge in [0.05, 0.1) is 6.54 Å². The summed E-state index contributed by atoms with van der Waals surface area (Å²) in [5, 5.41) is 3.49. The number of carbonyl (C=O) groups is 1. The zero-order chi connectivity index (χ0) is 18.6. The van der Waals surface area contributed by atoms with E-state index >= 15 is 0 Å². The van der Waals surface area contributed by atoms with Crippen molar-refractivity contribution in [2.24, 2.45) is 4.99 Å². The summed E-state index contributed by atoms with van der Waals surface area (Å²) in [5.41, 5.74) is 0. The lowest BCUT2D eigenvalue weighted by molar-refractivity contribution is -0.132. The van der Waals surface area contributed by atoms with E-state index in [4.69, 9.17) is 0 Å². The van der Waals surface area contributed by atoms with Crippen LogP contribution in [0.15, 0.2) is 4.99 Å². The van der Waals surface area contributed by atoms with Crippen LogP contribution in [0, 0.1) is 0 Å². The van der Waals surface area contributed by atoms with Gasteiger partial charge in [0.25, 0.3) is 0 Å². The number of aliphatic imine (C=N–C) groups is 1. The molecule has 6 nitrogen and oxygen atoms in total. The van der Waals surface area contributed by atoms with Crippen molar-refractivity contribution in [1.82, 2.24) is 20.0 Å². The van der Waals surface area contributed by atoms with E-state index < -0.39 is 0 Å². The number of carbonyl (C=O) groups excluding carboxylic acids is 1. The van der Waals surface area contributed by atoms with Gasteiger partial charge in [0.1, 0.15) is 0 Å². The lowest BCUT2D eigenvalue weighted by Gasteiger charge is -2.37. The molecule has 0 bridgehead atoms. The minimum absolute atomic E-state index is 0. The fraction of sp³-hybridized carbons (Fsp3) is 0.895. The van der Waals surface area contributed by atoms with Gasteiger partial charge in [-0.25, -0.2) is 0 Å². The van der Waals surface area contributed by atoms with Crippen molar-refractivity contribution < 1.29 is 4.79 Å². The van der Waals surface area contributed by atoms with E-state index in [2.05, 4.69) is 31.3 Å². The molecule has 2 heterocycles. The molecule has 0 spiro atoms. The number of hydrogen-bond acceptors (Lipinski definition) is 4. The number of amides is 1. The second kappa shape index (κ2) is 14.7. The Hall–Kier alpha value is -0.220. The number of piperazine rings is 1. The van der Waals surface area contributed by atoms with Gasteiger partial charge in [0.2, 0.25) is 5.91 Å². The Bertz CT molecular complexity index is 436. The zero-order valence-corrected chi connectivity index (χ0v) is 20.3. The van der Waals surface area contributed by atoms with Gasteiger partial charge in [-0.1, -0.05) is 12.8 Å². The number of nitrogens with one attached hydrogen (secondary N) is 1. The summed E-state index contributed by atoms with van der Waals surface area (Å²) in [7, 11) is 1.86. The minimum Gasteiger partial charge on any atom is -0.356 e. The predicted molar refractivity (Wildman–Crippen MR) is 127 cm³/mol. The van der Waals surface area contributed by atoms with Crippen LogP contribution in [0.2, 0.25) is 0 Å². The number of rotatable bonds is 7. The highest BCUT2D eigenvalue weighted by Gasteiger charge is 2.23. The molecule has 2 rings (SSSR count). The molecule has 27 heavy (non-hydrogen) atoms. The highest BCUT2D eigenvalue weighted by molar-refractivity contribution is 14.0. The van der Waals surface area contributed by atoms with Crippen LogP contribution in [0.3, 0.4) is 0 Å². The molecule has 0 saturated carbocycles. The average Bonchev–Trinajstić information content (AvgIpc) is 2.95. The molecule has 0 aliphatic carbocycles. The Balaban J connectivity index is 0.00000364. The third-order valence-electron chi connectivity index (χ3n) is 5.26. The van der Waals surface area contributed by atoms with Gasteiger partial charge in [-0.15, -0.1) is 24.0 Å². The van der Waals surface area contributed by atoms with Crippen molar-refractivity contribution in [3.63, 3.8) is 0 Å². The van der Waals surface area contributed by atoms with Gasteiger partial charge in [-0.3, -0.25) is 14.7 Å². The molecule has 1 N–H and O–H groups in total. The standard InChI is InChI=1S/C19H37N5OS.HI/c1-20-19(21-9-5-8-16-26-2)24-14-12-22(13-15-24)17-18(25)23-10-6-3-4-7-11-23;/h3-17H2,1-2H3,(H,20,21);1H. The Labute approximate surface area is 186 Å². The first kappa shape index (κ1) is 24.8. The minimum atomic E-state index is 0. The first-order valence-corrected chi connectivity index (χ1v) is 11.6. The number of unbranched alkanes of at least 4 members (excludes halogenated alkanes) is 1. The number of halogens is 1. The molecule has 158 valence electrons. The zero-order valence-electron chi connectivity index (χ0n) is 17.1. The van der Waals surface area contributed by atoms with Crippen LogP contribution in [0.5, 0.6) is 0 Å². The largest absolute Gasteiger partial charge is 0.356 e. The quantitative estimate of drug-likeness (QED) is 0.246. The van der Waals surface area contributed by atoms with Crippen LogP contribution >= 0.6 is 35.7 Å². The normalized spacial score (nSPS) is 19.4. The second-order valence-corrected chi connectivity index (χ2v) is 8.22. The van der Waals surface area contributed by atoms with Gasteiger partial charge >= 0.3 is 0 Å². The monoisotopic (exact) mass is 511 g/mol. The van der Waals surface area contributed by atoms with E-state index in [1.54, 1.807) is 0 Å². The van der Waals surface area contributed by atoms with E-state index in [1.165, 1.54) is 44.3 Å². The SMILES string of the molecule is CN=C(NCCCCSC)N1CCN(CC(=O)N2CCCCCC2)CC1.I. The Kier molecular flexibility index (Phi) is 13.5. The van der Waals surface area contributed by atoms with Crippen molar-refractivity contribution in [2.45, 2.75) is 38.5 Å². The molecule has 2 fully saturated rings. The lowest BCUT2D eigenvalue weighted by Crippen LogP contribution is -2.54. The number of nitrogens with zero attached hydrogens (tertiary/aromatic N) is 4. The van der Waals surface area contributed by atoms with E-state index in [0.717, 1.165) is 51.8 Å². The van der Waals surface area contributed by atoms with Crippen LogP contribution in [-0.2, 0) is 4.79 Å². The molecule has 2 aliphatic heterocycles. The molecule has 0 aromatic heterocycles. The van der Waals surface area contributed by atoms with Gasteiger partial charge in [-0.2, -0.15) is 11.8 Å². The molecule has 0 unspecified atom stereocenters. The molecule has 2 aliphatic rings. The third-order valence-corrected chi connectivity index (χ3v) is 5.96. The summed E-state index contributed by atoms with van der Waals surface area (Å²) in [6.07, 6.45) is 9.46. The van der Waals surface area contributed by atoms with Crippen LogP contribution in [-0.4, -0.2) is 98.0 Å². The highest BCUT2D eigenvalue weighted by Crippen LogP contribution is 2.11. The summed E-state index contributed by atoms with van der Waals surface area (Å²) in [6, 6.07) is 0. The summed E-state index contributed by atoms with van der Waals surface area (Å²) in [6.45, 7) is 7.22. The van der Waals surface area contributed by atoms with E-state index in [1.807, 2.05) is 18.8 Å². The molecule has 8 heteroatoms. The summed E-state index contributed by atoms with van der Waals surface area (Å²) < 4.78 is 0. The Morgan fingerprint density at radius 2 is 1.63 bits per heavy atom. The van der Waals surface area contributed by atoms with Crippen LogP contribution in [0.4, 0.5) is 0 Å². The molecule has 0 aromatic carbocycles. The van der Waals surface area contributed by atoms with Gasteiger partial charge in [-0.05, 0) is 37.7 Å². The van der Waals surface area contributed by atoms with E-state index in [0.29, 0.717) is 12.5 Å². The number of thioether (sulfide) groups is 1. The van der Waals surface area contributed by atoms with E-state index in [9.17, 15) is 4.79 Å². The van der Waals surface area contributed by atoms with Gasteiger partial charge in [0.15, 0.2) is 5.96 Å².